The van der Waals surface area contributed by atoms with Crippen molar-refractivity contribution in [3.63, 3.8) is 0 Å². The van der Waals surface area contributed by atoms with Gasteiger partial charge in [-0.25, -0.2) is 9.97 Å². The van der Waals surface area contributed by atoms with Crippen LogP contribution in [0.25, 0.3) is 22.3 Å². The van der Waals surface area contributed by atoms with Gasteiger partial charge in [-0.2, -0.15) is 0 Å². The maximum atomic E-state index is 12.5. The number of hydrogen-bond donors (Lipinski definition) is 1. The fourth-order valence-electron chi connectivity index (χ4n) is 2.94. The van der Waals surface area contributed by atoms with E-state index in [1.165, 1.54) is 11.8 Å². The zero-order chi connectivity index (χ0) is 20.1. The molecule has 0 unspecified atom stereocenters. The zero-order valence-electron chi connectivity index (χ0n) is 15.8. The summed E-state index contributed by atoms with van der Waals surface area (Å²) in [5.41, 5.74) is 2.45. The Balaban J connectivity index is 1.58. The van der Waals surface area contributed by atoms with Crippen LogP contribution in [-0.4, -0.2) is 28.7 Å². The van der Waals surface area contributed by atoms with Crippen molar-refractivity contribution in [3.05, 3.63) is 78.9 Å². The molecule has 1 N–H and O–H groups in total. The van der Waals surface area contributed by atoms with E-state index in [4.69, 9.17) is 9.72 Å². The third-order valence-corrected chi connectivity index (χ3v) is 5.31. The van der Waals surface area contributed by atoms with E-state index < -0.39 is 0 Å². The molecule has 4 rings (SSSR count). The summed E-state index contributed by atoms with van der Waals surface area (Å²) in [5.74, 6) is 1.39. The van der Waals surface area contributed by atoms with E-state index in [9.17, 15) is 4.79 Å². The van der Waals surface area contributed by atoms with Crippen molar-refractivity contribution in [2.45, 2.75) is 5.03 Å². The first-order chi connectivity index (χ1) is 14.2. The van der Waals surface area contributed by atoms with Crippen LogP contribution >= 0.6 is 11.8 Å². The molecule has 1 aromatic heterocycles. The van der Waals surface area contributed by atoms with Crippen LogP contribution in [0.2, 0.25) is 0 Å². The number of para-hydroxylation sites is 3. The van der Waals surface area contributed by atoms with Crippen LogP contribution in [0, 0.1) is 0 Å². The van der Waals surface area contributed by atoms with E-state index in [-0.39, 0.29) is 11.7 Å². The highest BCUT2D eigenvalue weighted by Gasteiger charge is 2.13. The Bertz CT molecular complexity index is 1150. The average molecular weight is 401 g/mol. The third kappa shape index (κ3) is 4.38. The van der Waals surface area contributed by atoms with Crippen molar-refractivity contribution in [1.29, 1.82) is 0 Å². The van der Waals surface area contributed by atoms with Gasteiger partial charge in [0.25, 0.3) is 0 Å². The van der Waals surface area contributed by atoms with Crippen molar-refractivity contribution >= 4 is 34.3 Å². The summed E-state index contributed by atoms with van der Waals surface area (Å²) in [4.78, 5) is 21.9. The van der Waals surface area contributed by atoms with Crippen LogP contribution in [0.3, 0.4) is 0 Å². The van der Waals surface area contributed by atoms with Gasteiger partial charge in [-0.15, -0.1) is 0 Å². The number of benzene rings is 3. The lowest BCUT2D eigenvalue weighted by Crippen LogP contribution is -2.14. The van der Waals surface area contributed by atoms with Crippen LogP contribution in [-0.2, 0) is 4.79 Å². The standard InChI is InChI=1S/C23H19N3O2S/c1-28-20-14-8-7-13-19(20)24-21(27)15-29-23-17-11-5-6-12-18(17)25-22(26-23)16-9-3-2-4-10-16/h2-14H,15H2,1H3,(H,24,27). The Morgan fingerprint density at radius 1 is 0.931 bits per heavy atom. The smallest absolute Gasteiger partial charge is 0.234 e. The predicted molar refractivity (Wildman–Crippen MR) is 117 cm³/mol. The monoisotopic (exact) mass is 401 g/mol. The Labute approximate surface area is 173 Å². The Morgan fingerprint density at radius 3 is 2.48 bits per heavy atom. The van der Waals surface area contributed by atoms with Gasteiger partial charge >= 0.3 is 0 Å². The highest BCUT2D eigenvalue weighted by molar-refractivity contribution is 8.00. The third-order valence-electron chi connectivity index (χ3n) is 4.32. The van der Waals surface area contributed by atoms with Gasteiger partial charge in [-0.3, -0.25) is 4.79 Å². The summed E-state index contributed by atoms with van der Waals surface area (Å²) in [6.45, 7) is 0. The number of ether oxygens (including phenoxy) is 1. The van der Waals surface area contributed by atoms with Crippen LogP contribution < -0.4 is 10.1 Å². The predicted octanol–water partition coefficient (Wildman–Crippen LogP) is 5.04. The number of hydrogen-bond acceptors (Lipinski definition) is 5. The quantitative estimate of drug-likeness (QED) is 0.362. The number of thioether (sulfide) groups is 1. The second kappa shape index (κ2) is 8.75. The van der Waals surface area contributed by atoms with Crippen molar-refractivity contribution in [3.8, 4) is 17.1 Å². The molecule has 1 heterocycles. The molecule has 0 radical (unpaired) electrons. The van der Waals surface area contributed by atoms with Gasteiger partial charge in [0.2, 0.25) is 5.91 Å². The topological polar surface area (TPSA) is 64.1 Å². The second-order valence-electron chi connectivity index (χ2n) is 6.27. The van der Waals surface area contributed by atoms with E-state index in [0.717, 1.165) is 21.5 Å². The number of nitrogens with zero attached hydrogens (tertiary/aromatic N) is 2. The number of carbonyl (C=O) groups excluding carboxylic acids is 1. The summed E-state index contributed by atoms with van der Waals surface area (Å²) in [6.07, 6.45) is 0. The van der Waals surface area contributed by atoms with E-state index in [1.54, 1.807) is 7.11 Å². The van der Waals surface area contributed by atoms with Crippen molar-refractivity contribution < 1.29 is 9.53 Å². The summed E-state index contributed by atoms with van der Waals surface area (Å²) >= 11 is 1.40. The van der Waals surface area contributed by atoms with Gasteiger partial charge in [-0.1, -0.05) is 72.4 Å². The lowest BCUT2D eigenvalue weighted by atomic mass is 10.2. The Morgan fingerprint density at radius 2 is 1.66 bits per heavy atom. The molecule has 0 aliphatic heterocycles. The molecule has 5 nitrogen and oxygen atoms in total. The molecule has 3 aromatic carbocycles. The van der Waals surface area contributed by atoms with Crippen LogP contribution in [0.1, 0.15) is 0 Å². The average Bonchev–Trinajstić information content (AvgIpc) is 2.78. The van der Waals surface area contributed by atoms with Crippen molar-refractivity contribution in [2.24, 2.45) is 0 Å². The van der Waals surface area contributed by atoms with Crippen molar-refractivity contribution in [2.75, 3.05) is 18.2 Å². The number of methoxy groups -OCH3 is 1. The van der Waals surface area contributed by atoms with E-state index >= 15 is 0 Å². The molecule has 1 amide bonds. The Kier molecular flexibility index (Phi) is 5.72. The van der Waals surface area contributed by atoms with E-state index in [0.29, 0.717) is 17.3 Å². The molecule has 0 aliphatic carbocycles. The maximum absolute atomic E-state index is 12.5. The summed E-state index contributed by atoms with van der Waals surface area (Å²) in [7, 11) is 1.58. The molecule has 0 spiro atoms. The lowest BCUT2D eigenvalue weighted by Gasteiger charge is -2.11. The largest absolute Gasteiger partial charge is 0.495 e. The molecular weight excluding hydrogens is 382 g/mol. The number of nitrogens with one attached hydrogen (secondary N) is 1. The van der Waals surface area contributed by atoms with Gasteiger partial charge in [0, 0.05) is 10.9 Å². The van der Waals surface area contributed by atoms with Crippen LogP contribution in [0.15, 0.2) is 83.9 Å². The fraction of sp³-hybridized carbons (Fsp3) is 0.0870. The van der Waals surface area contributed by atoms with Gasteiger partial charge in [-0.05, 0) is 18.2 Å². The van der Waals surface area contributed by atoms with Gasteiger partial charge in [0.15, 0.2) is 5.82 Å². The minimum Gasteiger partial charge on any atom is -0.495 e. The molecule has 0 bridgehead atoms. The molecule has 0 saturated carbocycles. The van der Waals surface area contributed by atoms with Gasteiger partial charge < -0.3 is 10.1 Å². The van der Waals surface area contributed by atoms with E-state index in [2.05, 4.69) is 10.3 Å². The first-order valence-electron chi connectivity index (χ1n) is 9.12. The van der Waals surface area contributed by atoms with Crippen LogP contribution in [0.4, 0.5) is 5.69 Å². The van der Waals surface area contributed by atoms with Gasteiger partial charge in [0.1, 0.15) is 10.8 Å². The molecule has 0 aliphatic rings. The normalized spacial score (nSPS) is 10.7. The first kappa shape index (κ1) is 19.0. The molecule has 0 saturated heterocycles. The summed E-state index contributed by atoms with van der Waals surface area (Å²) in [6, 6.07) is 25.0. The number of fused-ring (bicyclic) bond motifs is 1. The zero-order valence-corrected chi connectivity index (χ0v) is 16.6. The minimum atomic E-state index is -0.122. The molecule has 6 heteroatoms. The summed E-state index contributed by atoms with van der Waals surface area (Å²) in [5, 5.41) is 4.61. The number of rotatable bonds is 6. The fourth-order valence-corrected chi connectivity index (χ4v) is 3.76. The molecule has 0 fully saturated rings. The van der Waals surface area contributed by atoms with Gasteiger partial charge in [0.05, 0.1) is 24.1 Å². The number of carbonyl (C=O) groups is 1. The number of anilines is 1. The first-order valence-corrected chi connectivity index (χ1v) is 10.1. The molecule has 0 atom stereocenters. The van der Waals surface area contributed by atoms with Crippen LogP contribution in [0.5, 0.6) is 5.75 Å². The van der Waals surface area contributed by atoms with Crippen molar-refractivity contribution in [1.82, 2.24) is 9.97 Å². The molecule has 144 valence electrons. The number of amides is 1. The number of aromatic nitrogens is 2. The highest BCUT2D eigenvalue weighted by Crippen LogP contribution is 2.29. The van der Waals surface area contributed by atoms with E-state index in [1.807, 2.05) is 78.9 Å². The maximum Gasteiger partial charge on any atom is 0.234 e. The molecular formula is C23H19N3O2S. The molecule has 29 heavy (non-hydrogen) atoms. The second-order valence-corrected chi connectivity index (χ2v) is 7.24. The minimum absolute atomic E-state index is 0.122. The Hall–Kier alpha value is -3.38. The summed E-state index contributed by atoms with van der Waals surface area (Å²) < 4.78 is 5.29. The highest BCUT2D eigenvalue weighted by atomic mass is 32.2. The lowest BCUT2D eigenvalue weighted by molar-refractivity contribution is -0.113. The SMILES string of the molecule is COc1ccccc1NC(=O)CSc1nc(-c2ccccc2)nc2ccccc12. The molecule has 4 aromatic rings.